The van der Waals surface area contributed by atoms with Crippen molar-refractivity contribution in [3.8, 4) is 5.75 Å². The zero-order valence-corrected chi connectivity index (χ0v) is 12.2. The molecule has 0 aliphatic rings. The Bertz CT molecular complexity index is 426. The molecule has 1 amide bonds. The van der Waals surface area contributed by atoms with Crippen molar-refractivity contribution in [1.29, 1.82) is 0 Å². The molecule has 0 radical (unpaired) electrons. The molecule has 0 saturated carbocycles. The fourth-order valence-electron chi connectivity index (χ4n) is 1.40. The van der Waals surface area contributed by atoms with Gasteiger partial charge in [0.05, 0.1) is 18.2 Å². The smallest absolute Gasteiger partial charge is 0.220 e. The Kier molecular flexibility index (Phi) is 6.99. The first-order valence-corrected chi connectivity index (χ1v) is 6.77. The van der Waals surface area contributed by atoms with Crippen LogP contribution in [-0.4, -0.2) is 30.3 Å². The Labute approximate surface area is 122 Å². The van der Waals surface area contributed by atoms with Crippen LogP contribution in [0.25, 0.3) is 0 Å². The van der Waals surface area contributed by atoms with Crippen molar-refractivity contribution in [2.75, 3.05) is 13.2 Å². The highest BCUT2D eigenvalue weighted by atomic mass is 35.5. The van der Waals surface area contributed by atoms with E-state index < -0.39 is 0 Å². The van der Waals surface area contributed by atoms with Crippen LogP contribution in [0.2, 0.25) is 10.0 Å². The van der Waals surface area contributed by atoms with Gasteiger partial charge in [-0.2, -0.15) is 0 Å². The number of aliphatic hydroxyl groups excluding tert-OH is 1. The molecule has 0 aliphatic heterocycles. The maximum Gasteiger partial charge on any atom is 0.220 e. The number of rotatable bonds is 7. The minimum atomic E-state index is -0.226. The quantitative estimate of drug-likeness (QED) is 0.761. The first-order chi connectivity index (χ1) is 9.04. The largest absolute Gasteiger partial charge is 0.492 e. The van der Waals surface area contributed by atoms with Crippen molar-refractivity contribution >= 4 is 29.1 Å². The van der Waals surface area contributed by atoms with Gasteiger partial charge in [-0.05, 0) is 25.5 Å². The number of ether oxygens (including phenoxy) is 1. The van der Waals surface area contributed by atoms with Gasteiger partial charge < -0.3 is 15.2 Å². The van der Waals surface area contributed by atoms with E-state index in [-0.39, 0.29) is 18.6 Å². The van der Waals surface area contributed by atoms with E-state index >= 15 is 0 Å². The Morgan fingerprint density at radius 1 is 1.47 bits per heavy atom. The van der Waals surface area contributed by atoms with Gasteiger partial charge in [0.1, 0.15) is 10.8 Å². The maximum absolute atomic E-state index is 11.4. The standard InChI is InChI=1S/C13H17Cl2NO3/c1-9(8-17)16-12(18)6-3-7-19-11-5-2-4-10(14)13(11)15/h2,4-5,9,17H,3,6-8H2,1H3,(H,16,18). The van der Waals surface area contributed by atoms with E-state index in [9.17, 15) is 4.79 Å². The minimum absolute atomic E-state index is 0.0691. The Morgan fingerprint density at radius 2 is 2.21 bits per heavy atom. The Balaban J connectivity index is 2.27. The lowest BCUT2D eigenvalue weighted by atomic mass is 10.2. The molecule has 0 heterocycles. The van der Waals surface area contributed by atoms with E-state index in [2.05, 4.69) is 5.32 Å². The van der Waals surface area contributed by atoms with Crippen molar-refractivity contribution in [1.82, 2.24) is 5.32 Å². The molecule has 1 aromatic rings. The van der Waals surface area contributed by atoms with Crippen LogP contribution in [-0.2, 0) is 4.79 Å². The number of amides is 1. The van der Waals surface area contributed by atoms with Crippen molar-refractivity contribution in [3.05, 3.63) is 28.2 Å². The van der Waals surface area contributed by atoms with Gasteiger partial charge in [-0.1, -0.05) is 29.3 Å². The van der Waals surface area contributed by atoms with Crippen LogP contribution in [0.15, 0.2) is 18.2 Å². The van der Waals surface area contributed by atoms with Gasteiger partial charge in [0, 0.05) is 12.5 Å². The van der Waals surface area contributed by atoms with Crippen LogP contribution in [0.1, 0.15) is 19.8 Å². The van der Waals surface area contributed by atoms with Gasteiger partial charge in [-0.25, -0.2) is 0 Å². The molecule has 4 nitrogen and oxygen atoms in total. The number of aliphatic hydroxyl groups is 1. The monoisotopic (exact) mass is 305 g/mol. The molecule has 0 saturated heterocycles. The molecule has 0 aliphatic carbocycles. The van der Waals surface area contributed by atoms with Crippen LogP contribution in [0.3, 0.4) is 0 Å². The first-order valence-electron chi connectivity index (χ1n) is 6.01. The molecular weight excluding hydrogens is 289 g/mol. The summed E-state index contributed by atoms with van der Waals surface area (Å²) in [5, 5.41) is 12.3. The summed E-state index contributed by atoms with van der Waals surface area (Å²) in [6, 6.07) is 4.93. The molecule has 1 aromatic carbocycles. The SMILES string of the molecule is CC(CO)NC(=O)CCCOc1cccc(Cl)c1Cl. The van der Waals surface area contributed by atoms with Gasteiger partial charge in [-0.15, -0.1) is 0 Å². The number of carbonyl (C=O) groups is 1. The third-order valence-corrected chi connectivity index (χ3v) is 3.20. The first kappa shape index (κ1) is 16.1. The second-order valence-electron chi connectivity index (χ2n) is 4.16. The average Bonchev–Trinajstić information content (AvgIpc) is 2.39. The van der Waals surface area contributed by atoms with Crippen molar-refractivity contribution < 1.29 is 14.6 Å². The van der Waals surface area contributed by atoms with Crippen LogP contribution >= 0.6 is 23.2 Å². The molecule has 1 unspecified atom stereocenters. The van der Waals surface area contributed by atoms with Gasteiger partial charge in [0.2, 0.25) is 5.91 Å². The van der Waals surface area contributed by atoms with Gasteiger partial charge in [0.15, 0.2) is 0 Å². The molecule has 1 atom stereocenters. The highest BCUT2D eigenvalue weighted by Gasteiger charge is 2.07. The second kappa shape index (κ2) is 8.25. The fourth-order valence-corrected chi connectivity index (χ4v) is 1.75. The molecular formula is C13H17Cl2NO3. The van der Waals surface area contributed by atoms with E-state index in [1.54, 1.807) is 25.1 Å². The summed E-state index contributed by atoms with van der Waals surface area (Å²) < 4.78 is 5.45. The van der Waals surface area contributed by atoms with E-state index in [1.807, 2.05) is 0 Å². The molecule has 6 heteroatoms. The van der Waals surface area contributed by atoms with Crippen molar-refractivity contribution in [2.45, 2.75) is 25.8 Å². The van der Waals surface area contributed by atoms with E-state index in [4.69, 9.17) is 33.0 Å². The lowest BCUT2D eigenvalue weighted by Gasteiger charge is -2.11. The summed E-state index contributed by atoms with van der Waals surface area (Å²) >= 11 is 11.8. The predicted molar refractivity (Wildman–Crippen MR) is 75.9 cm³/mol. The molecule has 2 N–H and O–H groups in total. The second-order valence-corrected chi connectivity index (χ2v) is 4.94. The Morgan fingerprint density at radius 3 is 2.89 bits per heavy atom. The highest BCUT2D eigenvalue weighted by Crippen LogP contribution is 2.31. The molecule has 106 valence electrons. The van der Waals surface area contributed by atoms with Crippen LogP contribution < -0.4 is 10.1 Å². The fraction of sp³-hybridized carbons (Fsp3) is 0.462. The van der Waals surface area contributed by atoms with Gasteiger partial charge >= 0.3 is 0 Å². The number of nitrogens with one attached hydrogen (secondary N) is 1. The third kappa shape index (κ3) is 5.68. The van der Waals surface area contributed by atoms with E-state index in [0.717, 1.165) is 0 Å². The summed E-state index contributed by atoms with van der Waals surface area (Å²) in [6.45, 7) is 2.04. The zero-order valence-electron chi connectivity index (χ0n) is 10.7. The van der Waals surface area contributed by atoms with E-state index in [0.29, 0.717) is 35.2 Å². The minimum Gasteiger partial charge on any atom is -0.492 e. The zero-order chi connectivity index (χ0) is 14.3. The predicted octanol–water partition coefficient (Wildman–Crippen LogP) is 2.65. The molecule has 0 fully saturated rings. The van der Waals surface area contributed by atoms with Crippen LogP contribution in [0.5, 0.6) is 5.75 Å². The van der Waals surface area contributed by atoms with Crippen LogP contribution in [0, 0.1) is 0 Å². The summed E-state index contributed by atoms with van der Waals surface area (Å²) in [7, 11) is 0. The molecule has 19 heavy (non-hydrogen) atoms. The molecule has 0 bridgehead atoms. The van der Waals surface area contributed by atoms with E-state index in [1.165, 1.54) is 0 Å². The molecule has 1 rings (SSSR count). The molecule has 0 aromatic heterocycles. The number of halogens is 2. The van der Waals surface area contributed by atoms with Crippen molar-refractivity contribution in [2.24, 2.45) is 0 Å². The number of hydrogen-bond acceptors (Lipinski definition) is 3. The summed E-state index contributed by atoms with van der Waals surface area (Å²) in [6.07, 6.45) is 0.898. The normalized spacial score (nSPS) is 12.0. The number of benzene rings is 1. The topological polar surface area (TPSA) is 58.6 Å². The van der Waals surface area contributed by atoms with Gasteiger partial charge in [-0.3, -0.25) is 4.79 Å². The lowest BCUT2D eigenvalue weighted by molar-refractivity contribution is -0.122. The molecule has 0 spiro atoms. The van der Waals surface area contributed by atoms with Gasteiger partial charge in [0.25, 0.3) is 0 Å². The van der Waals surface area contributed by atoms with Crippen molar-refractivity contribution in [3.63, 3.8) is 0 Å². The van der Waals surface area contributed by atoms with Crippen LogP contribution in [0.4, 0.5) is 0 Å². The summed E-state index contributed by atoms with van der Waals surface area (Å²) in [5.41, 5.74) is 0. The number of hydrogen-bond donors (Lipinski definition) is 2. The highest BCUT2D eigenvalue weighted by molar-refractivity contribution is 6.42. The third-order valence-electron chi connectivity index (χ3n) is 2.40. The lowest BCUT2D eigenvalue weighted by Crippen LogP contribution is -2.34. The number of carbonyl (C=O) groups excluding carboxylic acids is 1. The maximum atomic E-state index is 11.4. The Hall–Kier alpha value is -0.970. The summed E-state index contributed by atoms with van der Waals surface area (Å²) in [4.78, 5) is 11.4. The summed E-state index contributed by atoms with van der Waals surface area (Å²) in [5.74, 6) is 0.403. The average molecular weight is 306 g/mol.